The zero-order valence-corrected chi connectivity index (χ0v) is 17.4. The number of hydrogen-bond acceptors (Lipinski definition) is 3. The van der Waals surface area contributed by atoms with Crippen molar-refractivity contribution in [3.63, 3.8) is 0 Å². The van der Waals surface area contributed by atoms with Gasteiger partial charge < -0.3 is 14.6 Å². The highest BCUT2D eigenvalue weighted by Crippen LogP contribution is 2.35. The summed E-state index contributed by atoms with van der Waals surface area (Å²) in [5.41, 5.74) is 4.30. The molecule has 0 radical (unpaired) electrons. The van der Waals surface area contributed by atoms with Crippen molar-refractivity contribution < 1.29 is 18.0 Å². The number of rotatable bonds is 3. The van der Waals surface area contributed by atoms with Crippen LogP contribution in [0.15, 0.2) is 65.1 Å². The van der Waals surface area contributed by atoms with E-state index in [1.807, 2.05) is 31.2 Å². The molecule has 0 saturated carbocycles. The lowest BCUT2D eigenvalue weighted by molar-refractivity contribution is 0.199. The molecule has 2 heterocycles. The molecular formula is C25H21F2N3O2. The number of carbonyl (C=O) groups excluding carboxylic acids is 1. The third kappa shape index (κ3) is 3.82. The molecule has 1 unspecified atom stereocenters. The van der Waals surface area contributed by atoms with Crippen LogP contribution in [0.4, 0.5) is 19.3 Å². The Hall–Kier alpha value is -3.74. The second-order valence-corrected chi connectivity index (χ2v) is 8.01. The van der Waals surface area contributed by atoms with Gasteiger partial charge in [-0.05, 0) is 67.3 Å². The second kappa shape index (κ2) is 8.07. The fourth-order valence-electron chi connectivity index (χ4n) is 4.04. The highest BCUT2D eigenvalue weighted by molar-refractivity contribution is 5.90. The highest BCUT2D eigenvalue weighted by atomic mass is 19.2. The lowest BCUT2D eigenvalue weighted by atomic mass is 10.1. The number of aromatic nitrogens is 1. The SMILES string of the molecule is Cc1ccc(NC(=O)N2CCCC2c2nc3cc(-c4ccc(F)c(F)c4)ccc3o2)cc1. The van der Waals surface area contributed by atoms with E-state index >= 15 is 0 Å². The van der Waals surface area contributed by atoms with Crippen LogP contribution in [0.5, 0.6) is 0 Å². The van der Waals surface area contributed by atoms with E-state index in [-0.39, 0.29) is 12.1 Å². The van der Waals surface area contributed by atoms with Gasteiger partial charge in [-0.15, -0.1) is 0 Å². The Balaban J connectivity index is 1.40. The van der Waals surface area contributed by atoms with Crippen LogP contribution in [0, 0.1) is 18.6 Å². The Kier molecular flexibility index (Phi) is 5.09. The maximum Gasteiger partial charge on any atom is 0.322 e. The van der Waals surface area contributed by atoms with E-state index in [0.717, 1.165) is 36.2 Å². The van der Waals surface area contributed by atoms with Gasteiger partial charge in [-0.25, -0.2) is 18.6 Å². The average molecular weight is 433 g/mol. The Morgan fingerprint density at radius 1 is 1.03 bits per heavy atom. The summed E-state index contributed by atoms with van der Waals surface area (Å²) in [6, 6.07) is 16.3. The smallest absolute Gasteiger partial charge is 0.322 e. The van der Waals surface area contributed by atoms with Gasteiger partial charge in [0.15, 0.2) is 17.2 Å². The summed E-state index contributed by atoms with van der Waals surface area (Å²) in [4.78, 5) is 19.2. The predicted octanol–water partition coefficient (Wildman–Crippen LogP) is 6.45. The lowest BCUT2D eigenvalue weighted by Crippen LogP contribution is -2.34. The summed E-state index contributed by atoms with van der Waals surface area (Å²) in [5, 5.41) is 2.94. The van der Waals surface area contributed by atoms with Crippen molar-refractivity contribution in [1.82, 2.24) is 9.88 Å². The number of benzene rings is 3. The largest absolute Gasteiger partial charge is 0.438 e. The van der Waals surface area contributed by atoms with Gasteiger partial charge in [0.25, 0.3) is 0 Å². The number of likely N-dealkylation sites (tertiary alicyclic amines) is 1. The Bertz CT molecular complexity index is 1300. The van der Waals surface area contributed by atoms with E-state index in [1.165, 1.54) is 6.07 Å². The summed E-state index contributed by atoms with van der Waals surface area (Å²) in [6.07, 6.45) is 1.61. The van der Waals surface area contributed by atoms with Gasteiger partial charge in [-0.3, -0.25) is 0 Å². The van der Waals surface area contributed by atoms with E-state index in [9.17, 15) is 13.6 Å². The van der Waals surface area contributed by atoms with Crippen molar-refractivity contribution >= 4 is 22.8 Å². The molecule has 3 aromatic carbocycles. The van der Waals surface area contributed by atoms with E-state index in [0.29, 0.717) is 34.7 Å². The molecule has 1 saturated heterocycles. The van der Waals surface area contributed by atoms with E-state index < -0.39 is 11.6 Å². The van der Waals surface area contributed by atoms with Crippen LogP contribution in [-0.2, 0) is 0 Å². The van der Waals surface area contributed by atoms with Crippen LogP contribution in [0.1, 0.15) is 30.3 Å². The Labute approximate surface area is 183 Å². The first-order valence-electron chi connectivity index (χ1n) is 10.5. The fraction of sp³-hybridized carbons (Fsp3) is 0.200. The van der Waals surface area contributed by atoms with Gasteiger partial charge in [0.1, 0.15) is 11.6 Å². The molecule has 0 bridgehead atoms. The minimum Gasteiger partial charge on any atom is -0.438 e. The molecule has 162 valence electrons. The van der Waals surface area contributed by atoms with Crippen molar-refractivity contribution in [1.29, 1.82) is 0 Å². The Morgan fingerprint density at radius 3 is 2.56 bits per heavy atom. The molecule has 5 rings (SSSR count). The van der Waals surface area contributed by atoms with E-state index in [1.54, 1.807) is 23.1 Å². The molecule has 1 aromatic heterocycles. The van der Waals surface area contributed by atoms with Crippen LogP contribution >= 0.6 is 0 Å². The predicted molar refractivity (Wildman–Crippen MR) is 118 cm³/mol. The average Bonchev–Trinajstić information content (AvgIpc) is 3.43. The summed E-state index contributed by atoms with van der Waals surface area (Å²) >= 11 is 0. The second-order valence-electron chi connectivity index (χ2n) is 8.01. The molecule has 2 amide bonds. The third-order valence-corrected chi connectivity index (χ3v) is 5.76. The first-order chi connectivity index (χ1) is 15.5. The maximum atomic E-state index is 13.6. The first-order valence-corrected chi connectivity index (χ1v) is 10.5. The number of nitrogens with one attached hydrogen (secondary N) is 1. The normalized spacial score (nSPS) is 16.0. The van der Waals surface area contributed by atoms with Crippen molar-refractivity contribution in [3.05, 3.63) is 83.8 Å². The topological polar surface area (TPSA) is 58.4 Å². The Morgan fingerprint density at radius 2 is 1.78 bits per heavy atom. The summed E-state index contributed by atoms with van der Waals surface area (Å²) < 4.78 is 32.9. The number of amides is 2. The molecule has 32 heavy (non-hydrogen) atoms. The van der Waals surface area contributed by atoms with Crippen LogP contribution in [0.25, 0.3) is 22.2 Å². The molecule has 1 aliphatic heterocycles. The zero-order chi connectivity index (χ0) is 22.2. The molecule has 4 aromatic rings. The molecule has 0 spiro atoms. The van der Waals surface area contributed by atoms with Gasteiger partial charge in [-0.1, -0.05) is 29.8 Å². The number of halogens is 2. The third-order valence-electron chi connectivity index (χ3n) is 5.76. The molecule has 0 aliphatic carbocycles. The number of carbonyl (C=O) groups is 1. The fourth-order valence-corrected chi connectivity index (χ4v) is 4.04. The van der Waals surface area contributed by atoms with Crippen molar-refractivity contribution in [3.8, 4) is 11.1 Å². The number of aryl methyl sites for hydroxylation is 1. The number of fused-ring (bicyclic) bond motifs is 1. The molecule has 7 heteroatoms. The number of oxazole rings is 1. The van der Waals surface area contributed by atoms with Gasteiger partial charge >= 0.3 is 6.03 Å². The number of urea groups is 1. The van der Waals surface area contributed by atoms with Crippen LogP contribution < -0.4 is 5.32 Å². The molecule has 1 atom stereocenters. The monoisotopic (exact) mass is 433 g/mol. The number of nitrogens with zero attached hydrogens (tertiary/aromatic N) is 2. The van der Waals surface area contributed by atoms with Crippen molar-refractivity contribution in [2.45, 2.75) is 25.8 Å². The number of anilines is 1. The highest BCUT2D eigenvalue weighted by Gasteiger charge is 2.33. The molecule has 1 N–H and O–H groups in total. The van der Waals surface area contributed by atoms with Gasteiger partial charge in [0.2, 0.25) is 5.89 Å². The maximum absolute atomic E-state index is 13.6. The van der Waals surface area contributed by atoms with Crippen molar-refractivity contribution in [2.24, 2.45) is 0 Å². The van der Waals surface area contributed by atoms with Crippen molar-refractivity contribution in [2.75, 3.05) is 11.9 Å². The standard InChI is InChI=1S/C25H21F2N3O2/c1-15-4-8-18(9-5-15)28-25(31)30-12-2-3-22(30)24-29-21-14-17(7-11-23(21)32-24)16-6-10-19(26)20(27)13-16/h4-11,13-14,22H,2-3,12H2,1H3,(H,28,31). The lowest BCUT2D eigenvalue weighted by Gasteiger charge is -2.22. The summed E-state index contributed by atoms with van der Waals surface area (Å²) in [7, 11) is 0. The molecule has 1 fully saturated rings. The minimum absolute atomic E-state index is 0.193. The van der Waals surface area contributed by atoms with Gasteiger partial charge in [0, 0.05) is 12.2 Å². The zero-order valence-electron chi connectivity index (χ0n) is 17.4. The molecule has 1 aliphatic rings. The summed E-state index contributed by atoms with van der Waals surface area (Å²) in [6.45, 7) is 2.61. The molecule has 5 nitrogen and oxygen atoms in total. The molecular weight excluding hydrogens is 412 g/mol. The quantitative estimate of drug-likeness (QED) is 0.404. The first kappa shape index (κ1) is 20.2. The van der Waals surface area contributed by atoms with E-state index in [4.69, 9.17) is 4.42 Å². The van der Waals surface area contributed by atoms with Crippen LogP contribution in [0.3, 0.4) is 0 Å². The van der Waals surface area contributed by atoms with E-state index in [2.05, 4.69) is 10.3 Å². The number of hydrogen-bond donors (Lipinski definition) is 1. The van der Waals surface area contributed by atoms with Crippen LogP contribution in [-0.4, -0.2) is 22.5 Å². The summed E-state index contributed by atoms with van der Waals surface area (Å²) in [5.74, 6) is -1.31. The van der Waals surface area contributed by atoms with Gasteiger partial charge in [0.05, 0.1) is 0 Å². The minimum atomic E-state index is -0.898. The van der Waals surface area contributed by atoms with Gasteiger partial charge in [-0.2, -0.15) is 0 Å². The van der Waals surface area contributed by atoms with Crippen LogP contribution in [0.2, 0.25) is 0 Å².